The number of nitrogens with zero attached hydrogens (tertiary/aromatic N) is 3. The zero-order chi connectivity index (χ0) is 26.6. The topological polar surface area (TPSA) is 72.0 Å². The molecule has 0 saturated carbocycles. The predicted molar refractivity (Wildman–Crippen MR) is 151 cm³/mol. The molecule has 2 aromatic carbocycles. The van der Waals surface area contributed by atoms with Crippen molar-refractivity contribution >= 4 is 17.8 Å². The van der Waals surface area contributed by atoms with Gasteiger partial charge < -0.3 is 18.6 Å². The summed E-state index contributed by atoms with van der Waals surface area (Å²) < 4.78 is 13.7. The number of aryl methyl sites for hydroxylation is 2. The number of hydrazone groups is 1. The number of anilines is 1. The molecule has 0 unspecified atom stereocenters. The predicted octanol–water partition coefficient (Wildman–Crippen LogP) is 6.25. The summed E-state index contributed by atoms with van der Waals surface area (Å²) in [6, 6.07) is 19.7. The number of hydrogen-bond donors (Lipinski definition) is 1. The third-order valence-electron chi connectivity index (χ3n) is 7.25. The molecule has 0 spiro atoms. The molecule has 1 amide bonds. The minimum absolute atomic E-state index is 0.187. The first-order valence-electron chi connectivity index (χ1n) is 13.1. The van der Waals surface area contributed by atoms with Crippen LogP contribution in [-0.2, 0) is 6.61 Å². The Morgan fingerprint density at radius 3 is 2.34 bits per heavy atom. The molecule has 4 aromatic rings. The lowest BCUT2D eigenvalue weighted by molar-refractivity contribution is 0.0923. The molecule has 0 aliphatic carbocycles. The van der Waals surface area contributed by atoms with Crippen LogP contribution in [-0.4, -0.2) is 29.8 Å². The molecule has 0 radical (unpaired) electrons. The van der Waals surface area contributed by atoms with Gasteiger partial charge in [0, 0.05) is 35.9 Å². The highest BCUT2D eigenvalue weighted by Gasteiger charge is 2.16. The van der Waals surface area contributed by atoms with Crippen LogP contribution in [0, 0.1) is 27.7 Å². The van der Waals surface area contributed by atoms with Gasteiger partial charge in [0.05, 0.1) is 6.21 Å². The molecule has 0 bridgehead atoms. The number of rotatable bonds is 8. The van der Waals surface area contributed by atoms with Crippen molar-refractivity contribution in [3.05, 3.63) is 100 Å². The average molecular weight is 511 g/mol. The number of nitrogens with one attached hydrogen (secondary N) is 1. The van der Waals surface area contributed by atoms with Crippen molar-refractivity contribution in [1.82, 2.24) is 9.99 Å². The summed E-state index contributed by atoms with van der Waals surface area (Å²) in [6.45, 7) is 10.8. The van der Waals surface area contributed by atoms with Crippen LogP contribution in [0.15, 0.2) is 70.2 Å². The van der Waals surface area contributed by atoms with E-state index in [1.165, 1.54) is 35.5 Å². The van der Waals surface area contributed by atoms with E-state index < -0.39 is 5.91 Å². The third-order valence-corrected chi connectivity index (χ3v) is 7.25. The normalized spacial score (nSPS) is 13.4. The monoisotopic (exact) mass is 510 g/mol. The zero-order valence-corrected chi connectivity index (χ0v) is 22.5. The Morgan fingerprint density at radius 2 is 1.63 bits per heavy atom. The summed E-state index contributed by atoms with van der Waals surface area (Å²) in [5.74, 6) is 1.07. The largest absolute Gasteiger partial charge is 0.486 e. The molecule has 196 valence electrons. The van der Waals surface area contributed by atoms with E-state index in [-0.39, 0.29) is 12.4 Å². The summed E-state index contributed by atoms with van der Waals surface area (Å²) >= 11 is 0. The SMILES string of the molecule is Cc1c(/C=N/NC(=O)c2ccc(COc3ccc(-n4c(C)ccc4C)cc3)o2)ccc(N2CCCC2)c1C. The van der Waals surface area contributed by atoms with Gasteiger partial charge in [0.25, 0.3) is 0 Å². The van der Waals surface area contributed by atoms with Gasteiger partial charge in [-0.3, -0.25) is 4.79 Å². The first kappa shape index (κ1) is 25.4. The van der Waals surface area contributed by atoms with Crippen molar-refractivity contribution in [1.29, 1.82) is 0 Å². The number of furan rings is 1. The number of ether oxygens (including phenoxy) is 1. The van der Waals surface area contributed by atoms with E-state index in [1.807, 2.05) is 24.3 Å². The van der Waals surface area contributed by atoms with Crippen molar-refractivity contribution < 1.29 is 13.9 Å². The van der Waals surface area contributed by atoms with E-state index in [1.54, 1.807) is 18.3 Å². The van der Waals surface area contributed by atoms with Crippen LogP contribution < -0.4 is 15.1 Å². The number of benzene rings is 2. The van der Waals surface area contributed by atoms with Gasteiger partial charge in [-0.15, -0.1) is 0 Å². The second-order valence-corrected chi connectivity index (χ2v) is 9.82. The quantitative estimate of drug-likeness (QED) is 0.225. The fraction of sp³-hybridized carbons (Fsp3) is 0.290. The van der Waals surface area contributed by atoms with Crippen molar-refractivity contribution in [3.63, 3.8) is 0 Å². The van der Waals surface area contributed by atoms with Crippen LogP contribution in [0.3, 0.4) is 0 Å². The Morgan fingerprint density at radius 1 is 0.921 bits per heavy atom. The molecule has 1 aliphatic rings. The molecule has 7 heteroatoms. The maximum absolute atomic E-state index is 12.5. The molecule has 38 heavy (non-hydrogen) atoms. The summed E-state index contributed by atoms with van der Waals surface area (Å²) in [7, 11) is 0. The number of carbonyl (C=O) groups is 1. The molecule has 1 saturated heterocycles. The molecule has 1 aliphatic heterocycles. The van der Waals surface area contributed by atoms with Crippen molar-refractivity contribution in [3.8, 4) is 11.4 Å². The first-order valence-corrected chi connectivity index (χ1v) is 13.1. The molecular formula is C31H34N4O3. The van der Waals surface area contributed by atoms with E-state index in [9.17, 15) is 4.79 Å². The van der Waals surface area contributed by atoms with Crippen molar-refractivity contribution in [2.75, 3.05) is 18.0 Å². The summed E-state index contributed by atoms with van der Waals surface area (Å²) in [5, 5.41) is 4.16. The van der Waals surface area contributed by atoms with E-state index in [0.717, 1.165) is 35.7 Å². The molecule has 1 fully saturated rings. The number of aromatic nitrogens is 1. The fourth-order valence-electron chi connectivity index (χ4n) is 4.98. The van der Waals surface area contributed by atoms with E-state index in [2.05, 4.69) is 72.0 Å². The van der Waals surface area contributed by atoms with Crippen LogP contribution in [0.2, 0.25) is 0 Å². The van der Waals surface area contributed by atoms with Gasteiger partial charge in [-0.05, 0) is 112 Å². The lowest BCUT2D eigenvalue weighted by atomic mass is 10.0. The van der Waals surface area contributed by atoms with Gasteiger partial charge in [0.1, 0.15) is 18.1 Å². The molecule has 7 nitrogen and oxygen atoms in total. The van der Waals surface area contributed by atoms with Crippen LogP contribution in [0.5, 0.6) is 5.75 Å². The lowest BCUT2D eigenvalue weighted by Crippen LogP contribution is -2.19. The van der Waals surface area contributed by atoms with Crippen LogP contribution in [0.1, 0.15) is 57.2 Å². The summed E-state index contributed by atoms with van der Waals surface area (Å²) in [5.41, 5.74) is 10.7. The number of hydrogen-bond acceptors (Lipinski definition) is 5. The molecule has 2 aromatic heterocycles. The second-order valence-electron chi connectivity index (χ2n) is 9.82. The number of carbonyl (C=O) groups excluding carboxylic acids is 1. The Bertz CT molecular complexity index is 1440. The molecule has 1 N–H and O–H groups in total. The van der Waals surface area contributed by atoms with Crippen molar-refractivity contribution in [2.24, 2.45) is 5.10 Å². The minimum atomic E-state index is -0.405. The smallest absolute Gasteiger partial charge is 0.307 e. The summed E-state index contributed by atoms with van der Waals surface area (Å²) in [4.78, 5) is 15.0. The van der Waals surface area contributed by atoms with E-state index in [0.29, 0.717) is 5.76 Å². The third kappa shape index (κ3) is 5.37. The Labute approximate surface area is 223 Å². The zero-order valence-electron chi connectivity index (χ0n) is 22.5. The van der Waals surface area contributed by atoms with Crippen LogP contribution in [0.4, 0.5) is 5.69 Å². The molecular weight excluding hydrogens is 476 g/mol. The van der Waals surface area contributed by atoms with Gasteiger partial charge in [0.2, 0.25) is 0 Å². The second kappa shape index (κ2) is 11.0. The molecule has 0 atom stereocenters. The maximum Gasteiger partial charge on any atom is 0.307 e. The standard InChI is InChI=1S/C31H34N4O3/c1-21-7-8-22(2)35(21)26-10-12-27(13-11-26)37-20-28-14-16-30(38-28)31(36)33-32-19-25-9-15-29(24(4)23(25)3)34-17-5-6-18-34/h7-16,19H,5-6,17-18,20H2,1-4H3,(H,33,36)/b32-19+. The molecule has 5 rings (SSSR count). The van der Waals surface area contributed by atoms with Crippen molar-refractivity contribution in [2.45, 2.75) is 47.1 Å². The highest BCUT2D eigenvalue weighted by atomic mass is 16.5. The Kier molecular flexibility index (Phi) is 7.36. The molecule has 3 heterocycles. The summed E-state index contributed by atoms with van der Waals surface area (Å²) in [6.07, 6.45) is 4.17. The maximum atomic E-state index is 12.5. The highest BCUT2D eigenvalue weighted by Crippen LogP contribution is 2.28. The van der Waals surface area contributed by atoms with E-state index >= 15 is 0 Å². The van der Waals surface area contributed by atoms with Crippen LogP contribution in [0.25, 0.3) is 5.69 Å². The average Bonchev–Trinajstić information content (AvgIpc) is 3.68. The van der Waals surface area contributed by atoms with Gasteiger partial charge in [-0.25, -0.2) is 5.43 Å². The lowest BCUT2D eigenvalue weighted by Gasteiger charge is -2.22. The first-order chi connectivity index (χ1) is 18.4. The van der Waals surface area contributed by atoms with Gasteiger partial charge in [-0.2, -0.15) is 5.10 Å². The minimum Gasteiger partial charge on any atom is -0.486 e. The Hall–Kier alpha value is -4.26. The van der Waals surface area contributed by atoms with E-state index in [4.69, 9.17) is 9.15 Å². The van der Waals surface area contributed by atoms with Crippen LogP contribution >= 0.6 is 0 Å². The number of amides is 1. The van der Waals surface area contributed by atoms with Gasteiger partial charge in [-0.1, -0.05) is 6.07 Å². The Balaban J connectivity index is 1.15. The highest BCUT2D eigenvalue weighted by molar-refractivity contribution is 5.92. The fourth-order valence-corrected chi connectivity index (χ4v) is 4.98. The van der Waals surface area contributed by atoms with Gasteiger partial charge in [0.15, 0.2) is 5.76 Å². The van der Waals surface area contributed by atoms with Gasteiger partial charge >= 0.3 is 5.91 Å².